The maximum absolute atomic E-state index is 13.1. The van der Waals surface area contributed by atoms with Gasteiger partial charge < -0.3 is 9.80 Å². The van der Waals surface area contributed by atoms with Crippen LogP contribution in [0.2, 0.25) is 0 Å². The van der Waals surface area contributed by atoms with Gasteiger partial charge in [-0.15, -0.1) is 0 Å². The van der Waals surface area contributed by atoms with E-state index < -0.39 is 0 Å². The molecule has 5 heteroatoms. The molecular formula is C19H23ClN2O2. The van der Waals surface area contributed by atoms with Crippen LogP contribution in [0.3, 0.4) is 0 Å². The summed E-state index contributed by atoms with van der Waals surface area (Å²) in [6, 6.07) is 8.27. The molecule has 3 rings (SSSR count). The maximum Gasteiger partial charge on any atom is 0.227 e. The van der Waals surface area contributed by atoms with Crippen molar-refractivity contribution in [2.75, 3.05) is 20.1 Å². The molecule has 1 aromatic rings. The smallest absolute Gasteiger partial charge is 0.227 e. The van der Waals surface area contributed by atoms with Crippen LogP contribution in [0.5, 0.6) is 0 Å². The summed E-state index contributed by atoms with van der Waals surface area (Å²) >= 11 is 6.05. The van der Waals surface area contributed by atoms with Gasteiger partial charge in [0.2, 0.25) is 11.8 Å². The second kappa shape index (κ2) is 6.98. The van der Waals surface area contributed by atoms with Crippen LogP contribution >= 0.6 is 11.6 Å². The van der Waals surface area contributed by atoms with Gasteiger partial charge in [-0.3, -0.25) is 9.59 Å². The van der Waals surface area contributed by atoms with Gasteiger partial charge in [0.05, 0.1) is 12.6 Å². The first kappa shape index (κ1) is 17.0. The van der Waals surface area contributed by atoms with Gasteiger partial charge in [-0.25, -0.2) is 0 Å². The molecule has 128 valence electrons. The molecule has 1 fully saturated rings. The number of likely N-dealkylation sites (tertiary alicyclic amines) is 1. The number of carbonyl (C=O) groups is 2. The SMILES string of the molecule is C=C(Cl)CN(C(=O)[C@@H]1CCN(C)C(=O)C1)[C@@H]1CCc2ccccc21. The van der Waals surface area contributed by atoms with Gasteiger partial charge in [0, 0.05) is 31.0 Å². The Kier molecular flexibility index (Phi) is 4.95. The largest absolute Gasteiger partial charge is 0.346 e. The number of piperidine rings is 1. The van der Waals surface area contributed by atoms with Crippen molar-refractivity contribution in [2.24, 2.45) is 5.92 Å². The van der Waals surface area contributed by atoms with Crippen molar-refractivity contribution < 1.29 is 9.59 Å². The highest BCUT2D eigenvalue weighted by Gasteiger charge is 2.37. The Morgan fingerprint density at radius 2 is 2.12 bits per heavy atom. The van der Waals surface area contributed by atoms with Gasteiger partial charge in [-0.2, -0.15) is 0 Å². The first-order valence-electron chi connectivity index (χ1n) is 8.43. The van der Waals surface area contributed by atoms with Gasteiger partial charge in [-0.1, -0.05) is 42.4 Å². The average molecular weight is 347 g/mol. The Labute approximate surface area is 148 Å². The van der Waals surface area contributed by atoms with Crippen molar-refractivity contribution in [3.8, 4) is 0 Å². The first-order valence-corrected chi connectivity index (χ1v) is 8.80. The molecule has 0 unspecified atom stereocenters. The van der Waals surface area contributed by atoms with Crippen molar-refractivity contribution in [3.63, 3.8) is 0 Å². The van der Waals surface area contributed by atoms with E-state index in [2.05, 4.69) is 18.7 Å². The summed E-state index contributed by atoms with van der Waals surface area (Å²) in [5, 5.41) is 0.451. The van der Waals surface area contributed by atoms with Crippen LogP contribution in [0.1, 0.15) is 36.4 Å². The number of halogens is 1. The predicted octanol–water partition coefficient (Wildman–Crippen LogP) is 3.12. The van der Waals surface area contributed by atoms with Crippen molar-refractivity contribution in [1.82, 2.24) is 9.80 Å². The zero-order valence-electron chi connectivity index (χ0n) is 14.0. The predicted molar refractivity (Wildman–Crippen MR) is 94.6 cm³/mol. The van der Waals surface area contributed by atoms with Crippen molar-refractivity contribution in [1.29, 1.82) is 0 Å². The van der Waals surface area contributed by atoms with Gasteiger partial charge in [-0.05, 0) is 30.4 Å². The number of nitrogens with zero attached hydrogens (tertiary/aromatic N) is 2. The lowest BCUT2D eigenvalue weighted by Crippen LogP contribution is -2.45. The van der Waals surface area contributed by atoms with E-state index in [1.165, 1.54) is 11.1 Å². The average Bonchev–Trinajstić information content (AvgIpc) is 2.98. The summed E-state index contributed by atoms with van der Waals surface area (Å²) < 4.78 is 0. The topological polar surface area (TPSA) is 40.6 Å². The number of hydrogen-bond donors (Lipinski definition) is 0. The van der Waals surface area contributed by atoms with E-state index in [-0.39, 0.29) is 30.2 Å². The van der Waals surface area contributed by atoms with Gasteiger partial charge in [0.15, 0.2) is 0 Å². The molecule has 2 atom stereocenters. The molecule has 1 aliphatic heterocycles. The molecule has 2 aliphatic rings. The summed E-state index contributed by atoms with van der Waals surface area (Å²) in [5.74, 6) is -0.187. The second-order valence-electron chi connectivity index (χ2n) is 6.74. The molecule has 1 heterocycles. The van der Waals surface area contributed by atoms with Crippen LogP contribution in [-0.2, 0) is 16.0 Å². The minimum absolute atomic E-state index is 0.0268. The number of hydrogen-bond acceptors (Lipinski definition) is 2. The third kappa shape index (κ3) is 3.34. The van der Waals surface area contributed by atoms with E-state index in [1.807, 2.05) is 17.0 Å². The van der Waals surface area contributed by atoms with Gasteiger partial charge >= 0.3 is 0 Å². The molecule has 1 aliphatic carbocycles. The zero-order chi connectivity index (χ0) is 17.3. The molecule has 0 radical (unpaired) electrons. The highest BCUT2D eigenvalue weighted by atomic mass is 35.5. The Bertz CT molecular complexity index is 673. The molecule has 24 heavy (non-hydrogen) atoms. The zero-order valence-corrected chi connectivity index (χ0v) is 14.8. The molecule has 4 nitrogen and oxygen atoms in total. The van der Waals surface area contributed by atoms with E-state index in [9.17, 15) is 9.59 Å². The maximum atomic E-state index is 13.1. The highest BCUT2D eigenvalue weighted by molar-refractivity contribution is 6.29. The molecule has 0 aromatic heterocycles. The van der Waals surface area contributed by atoms with Crippen LogP contribution in [0.4, 0.5) is 0 Å². The minimum atomic E-state index is -0.252. The molecule has 0 bridgehead atoms. The third-order valence-corrected chi connectivity index (χ3v) is 5.23. The van der Waals surface area contributed by atoms with Gasteiger partial charge in [0.1, 0.15) is 0 Å². The second-order valence-corrected chi connectivity index (χ2v) is 7.28. The van der Waals surface area contributed by atoms with Crippen LogP contribution < -0.4 is 0 Å². The first-order chi connectivity index (χ1) is 11.5. The fourth-order valence-corrected chi connectivity index (χ4v) is 3.90. The lowest BCUT2D eigenvalue weighted by Gasteiger charge is -2.35. The summed E-state index contributed by atoms with van der Waals surface area (Å²) in [4.78, 5) is 28.7. The fraction of sp³-hybridized carbons (Fsp3) is 0.474. The molecule has 0 spiro atoms. The monoisotopic (exact) mass is 346 g/mol. The minimum Gasteiger partial charge on any atom is -0.346 e. The number of rotatable bonds is 4. The molecule has 0 saturated carbocycles. The number of fused-ring (bicyclic) bond motifs is 1. The molecular weight excluding hydrogens is 324 g/mol. The molecule has 1 saturated heterocycles. The standard InChI is InChI=1S/C19H23ClN2O2/c1-13(20)12-22(17-8-7-14-5-3-4-6-16(14)17)19(24)15-9-10-21(2)18(23)11-15/h3-6,15,17H,1,7-12H2,2H3/t15-,17-/m1/s1. The van der Waals surface area contributed by atoms with Crippen LogP contribution in [-0.4, -0.2) is 41.8 Å². The highest BCUT2D eigenvalue weighted by Crippen LogP contribution is 2.37. The van der Waals surface area contributed by atoms with Crippen LogP contribution in [0.25, 0.3) is 0 Å². The molecule has 2 amide bonds. The molecule has 0 N–H and O–H groups in total. The summed E-state index contributed by atoms with van der Waals surface area (Å²) in [7, 11) is 1.79. The van der Waals surface area contributed by atoms with E-state index in [4.69, 9.17) is 11.6 Å². The number of amides is 2. The Morgan fingerprint density at radius 3 is 2.83 bits per heavy atom. The van der Waals surface area contributed by atoms with Crippen LogP contribution in [0.15, 0.2) is 35.9 Å². The van der Waals surface area contributed by atoms with E-state index in [0.717, 1.165) is 12.8 Å². The fourth-order valence-electron chi connectivity index (χ4n) is 3.77. The number of benzene rings is 1. The third-order valence-electron chi connectivity index (χ3n) is 5.11. The van der Waals surface area contributed by atoms with Crippen molar-refractivity contribution in [2.45, 2.75) is 31.7 Å². The number of aryl methyl sites for hydroxylation is 1. The number of carbonyl (C=O) groups excluding carboxylic acids is 2. The Hall–Kier alpha value is -1.81. The van der Waals surface area contributed by atoms with Gasteiger partial charge in [0.25, 0.3) is 0 Å². The van der Waals surface area contributed by atoms with E-state index >= 15 is 0 Å². The summed E-state index contributed by atoms with van der Waals surface area (Å²) in [6.45, 7) is 4.74. The lowest BCUT2D eigenvalue weighted by atomic mass is 9.93. The van der Waals surface area contributed by atoms with E-state index in [1.54, 1.807) is 11.9 Å². The van der Waals surface area contributed by atoms with E-state index in [0.29, 0.717) is 24.5 Å². The summed E-state index contributed by atoms with van der Waals surface area (Å²) in [6.07, 6.45) is 2.86. The van der Waals surface area contributed by atoms with Crippen molar-refractivity contribution in [3.05, 3.63) is 47.0 Å². The lowest BCUT2D eigenvalue weighted by molar-refractivity contribution is -0.145. The Morgan fingerprint density at radius 1 is 1.38 bits per heavy atom. The Balaban J connectivity index is 1.83. The normalized spacial score (nSPS) is 23.1. The van der Waals surface area contributed by atoms with Crippen LogP contribution in [0, 0.1) is 5.92 Å². The van der Waals surface area contributed by atoms with Crippen molar-refractivity contribution >= 4 is 23.4 Å². The summed E-state index contributed by atoms with van der Waals surface area (Å²) in [5.41, 5.74) is 2.49. The molecule has 1 aromatic carbocycles. The quantitative estimate of drug-likeness (QED) is 0.840.